The van der Waals surface area contributed by atoms with Gasteiger partial charge in [-0.1, -0.05) is 35.3 Å². The van der Waals surface area contributed by atoms with Crippen molar-refractivity contribution in [1.29, 1.82) is 0 Å². The Hall–Kier alpha value is -2.12. The molecule has 0 unspecified atom stereocenters. The predicted octanol–water partition coefficient (Wildman–Crippen LogP) is 6.32. The second-order valence-corrected chi connectivity index (χ2v) is 9.52. The quantitative estimate of drug-likeness (QED) is 0.388. The third kappa shape index (κ3) is 5.44. The number of carbonyl (C=O) groups is 1. The fourth-order valence-electron chi connectivity index (χ4n) is 3.57. The Morgan fingerprint density at radius 2 is 2.09 bits per heavy atom. The van der Waals surface area contributed by atoms with Crippen molar-refractivity contribution >= 4 is 45.6 Å². The lowest BCUT2D eigenvalue weighted by Crippen LogP contribution is -2.40. The van der Waals surface area contributed by atoms with E-state index < -0.39 is 0 Å². The summed E-state index contributed by atoms with van der Waals surface area (Å²) in [7, 11) is 0. The maximum absolute atomic E-state index is 13.2. The molecule has 32 heavy (non-hydrogen) atoms. The van der Waals surface area contributed by atoms with Crippen LogP contribution in [0.2, 0.25) is 10.0 Å². The van der Waals surface area contributed by atoms with Crippen LogP contribution >= 0.6 is 34.5 Å². The van der Waals surface area contributed by atoms with Crippen LogP contribution in [0.25, 0.3) is 11.3 Å². The van der Waals surface area contributed by atoms with E-state index in [4.69, 9.17) is 37.7 Å². The summed E-state index contributed by atoms with van der Waals surface area (Å²) in [6, 6.07) is 11.2. The van der Waals surface area contributed by atoms with Crippen LogP contribution in [0.15, 0.2) is 41.8 Å². The van der Waals surface area contributed by atoms with E-state index in [0.29, 0.717) is 33.2 Å². The molecular formula is C24H24Cl2N2O3S. The Labute approximate surface area is 201 Å². The molecular weight excluding hydrogens is 467 g/mol. The molecule has 1 aliphatic rings. The van der Waals surface area contributed by atoms with Gasteiger partial charge >= 0.3 is 0 Å². The first kappa shape index (κ1) is 23.1. The number of hydrogen-bond donors (Lipinski definition) is 0. The van der Waals surface area contributed by atoms with Gasteiger partial charge in [-0.25, -0.2) is 4.98 Å². The normalized spacial score (nSPS) is 15.7. The molecule has 0 saturated carbocycles. The molecule has 168 valence electrons. The Morgan fingerprint density at radius 1 is 1.25 bits per heavy atom. The highest BCUT2D eigenvalue weighted by molar-refractivity contribution is 7.14. The van der Waals surface area contributed by atoms with Crippen molar-refractivity contribution in [3.8, 4) is 17.0 Å². The van der Waals surface area contributed by atoms with E-state index in [2.05, 4.69) is 0 Å². The number of hydrogen-bond acceptors (Lipinski definition) is 5. The third-order valence-electron chi connectivity index (χ3n) is 5.34. The molecule has 5 nitrogen and oxygen atoms in total. The van der Waals surface area contributed by atoms with Gasteiger partial charge in [-0.2, -0.15) is 0 Å². The number of aryl methyl sites for hydroxylation is 2. The number of benzene rings is 2. The number of ether oxygens (including phenoxy) is 2. The van der Waals surface area contributed by atoms with Gasteiger partial charge in [0.1, 0.15) is 5.75 Å². The number of amides is 1. The van der Waals surface area contributed by atoms with Gasteiger partial charge in [0, 0.05) is 22.6 Å². The van der Waals surface area contributed by atoms with Crippen LogP contribution in [0.5, 0.6) is 5.75 Å². The van der Waals surface area contributed by atoms with Gasteiger partial charge in [0.2, 0.25) is 0 Å². The van der Waals surface area contributed by atoms with Crippen molar-refractivity contribution in [2.75, 3.05) is 24.7 Å². The maximum Gasteiger partial charge on any atom is 0.266 e. The highest BCUT2D eigenvalue weighted by Gasteiger charge is 2.26. The second kappa shape index (κ2) is 10.2. The van der Waals surface area contributed by atoms with Gasteiger partial charge in [0.25, 0.3) is 5.91 Å². The monoisotopic (exact) mass is 490 g/mol. The Bertz CT molecular complexity index is 1110. The van der Waals surface area contributed by atoms with Crippen LogP contribution in [0.1, 0.15) is 24.0 Å². The first-order valence-electron chi connectivity index (χ1n) is 10.4. The Balaban J connectivity index is 1.55. The zero-order valence-electron chi connectivity index (χ0n) is 17.9. The van der Waals surface area contributed by atoms with E-state index in [0.717, 1.165) is 36.1 Å². The first-order valence-corrected chi connectivity index (χ1v) is 12.1. The van der Waals surface area contributed by atoms with E-state index in [1.54, 1.807) is 17.0 Å². The standard InChI is InChI=1S/C24H24Cl2N2O3S/c1-15-5-6-16(2)22(10-15)31-13-23(29)28(12-18-4-3-9-30-18)24-27-21(14-32-24)19-8-7-17(25)11-20(19)26/h5-8,10-11,14,18H,3-4,9,12-13H2,1-2H3/t18-/m1/s1. The summed E-state index contributed by atoms with van der Waals surface area (Å²) in [5.74, 6) is 0.549. The molecule has 1 aromatic heterocycles. The smallest absolute Gasteiger partial charge is 0.266 e. The van der Waals surface area contributed by atoms with E-state index in [1.807, 2.05) is 43.5 Å². The summed E-state index contributed by atoms with van der Waals surface area (Å²) in [6.45, 7) is 5.04. The molecule has 1 amide bonds. The lowest BCUT2D eigenvalue weighted by atomic mass is 10.1. The number of carbonyl (C=O) groups excluding carboxylic acids is 1. The van der Waals surface area contributed by atoms with Crippen molar-refractivity contribution in [1.82, 2.24) is 4.98 Å². The van der Waals surface area contributed by atoms with Crippen molar-refractivity contribution in [3.05, 3.63) is 63.0 Å². The average molecular weight is 491 g/mol. The number of anilines is 1. The van der Waals surface area contributed by atoms with E-state index in [-0.39, 0.29) is 18.6 Å². The topological polar surface area (TPSA) is 51.7 Å². The number of aromatic nitrogens is 1. The summed E-state index contributed by atoms with van der Waals surface area (Å²) < 4.78 is 11.7. The molecule has 0 radical (unpaired) electrons. The van der Waals surface area contributed by atoms with Crippen LogP contribution in [-0.4, -0.2) is 36.8 Å². The third-order valence-corrected chi connectivity index (χ3v) is 6.75. The summed E-state index contributed by atoms with van der Waals surface area (Å²) in [5.41, 5.74) is 3.55. The van der Waals surface area contributed by atoms with Crippen molar-refractivity contribution in [3.63, 3.8) is 0 Å². The highest BCUT2D eigenvalue weighted by atomic mass is 35.5. The zero-order valence-corrected chi connectivity index (χ0v) is 20.3. The number of nitrogens with zero attached hydrogens (tertiary/aromatic N) is 2. The molecule has 1 saturated heterocycles. The summed E-state index contributed by atoms with van der Waals surface area (Å²) in [5, 5.41) is 3.57. The zero-order chi connectivity index (χ0) is 22.7. The average Bonchev–Trinajstić information content (AvgIpc) is 3.44. The minimum Gasteiger partial charge on any atom is -0.483 e. The molecule has 0 aliphatic carbocycles. The van der Waals surface area contributed by atoms with E-state index >= 15 is 0 Å². The lowest BCUT2D eigenvalue weighted by Gasteiger charge is -2.23. The van der Waals surface area contributed by atoms with Crippen LogP contribution in [-0.2, 0) is 9.53 Å². The predicted molar refractivity (Wildman–Crippen MR) is 130 cm³/mol. The summed E-state index contributed by atoms with van der Waals surface area (Å²) >= 11 is 13.8. The van der Waals surface area contributed by atoms with Gasteiger partial charge in [-0.3, -0.25) is 9.69 Å². The highest BCUT2D eigenvalue weighted by Crippen LogP contribution is 2.34. The Morgan fingerprint density at radius 3 is 2.84 bits per heavy atom. The van der Waals surface area contributed by atoms with E-state index in [9.17, 15) is 4.79 Å². The van der Waals surface area contributed by atoms with Crippen molar-refractivity contribution in [2.24, 2.45) is 0 Å². The molecule has 1 atom stereocenters. The van der Waals surface area contributed by atoms with E-state index in [1.165, 1.54) is 11.3 Å². The molecule has 2 aromatic carbocycles. The van der Waals surface area contributed by atoms with Crippen LogP contribution < -0.4 is 9.64 Å². The molecule has 2 heterocycles. The Kier molecular flexibility index (Phi) is 7.36. The lowest BCUT2D eigenvalue weighted by molar-refractivity contribution is -0.120. The molecule has 8 heteroatoms. The second-order valence-electron chi connectivity index (χ2n) is 7.84. The van der Waals surface area contributed by atoms with Gasteiger partial charge < -0.3 is 9.47 Å². The fourth-order valence-corrected chi connectivity index (χ4v) is 4.92. The van der Waals surface area contributed by atoms with Crippen LogP contribution in [0, 0.1) is 13.8 Å². The first-order chi connectivity index (χ1) is 15.4. The maximum atomic E-state index is 13.2. The number of halogens is 2. The minimum absolute atomic E-state index is 0.00822. The molecule has 3 aromatic rings. The summed E-state index contributed by atoms with van der Waals surface area (Å²) in [6.07, 6.45) is 1.91. The molecule has 0 spiro atoms. The van der Waals surface area contributed by atoms with Crippen molar-refractivity contribution in [2.45, 2.75) is 32.8 Å². The largest absolute Gasteiger partial charge is 0.483 e. The van der Waals surface area contributed by atoms with Crippen LogP contribution in [0.3, 0.4) is 0 Å². The van der Waals surface area contributed by atoms with Gasteiger partial charge in [0.05, 0.1) is 23.4 Å². The molecule has 1 fully saturated rings. The minimum atomic E-state index is -0.162. The SMILES string of the molecule is Cc1ccc(C)c(OCC(=O)N(C[C@H]2CCCO2)c2nc(-c3ccc(Cl)cc3Cl)cs2)c1. The number of rotatable bonds is 7. The number of thiazole rings is 1. The van der Waals surface area contributed by atoms with Gasteiger partial charge in [-0.05, 0) is 62.1 Å². The summed E-state index contributed by atoms with van der Waals surface area (Å²) in [4.78, 5) is 19.6. The molecule has 0 N–H and O–H groups in total. The molecule has 0 bridgehead atoms. The van der Waals surface area contributed by atoms with Gasteiger partial charge in [-0.15, -0.1) is 11.3 Å². The van der Waals surface area contributed by atoms with Crippen molar-refractivity contribution < 1.29 is 14.3 Å². The fraction of sp³-hybridized carbons (Fsp3) is 0.333. The van der Waals surface area contributed by atoms with Crippen LogP contribution in [0.4, 0.5) is 5.13 Å². The molecule has 1 aliphatic heterocycles. The molecule has 4 rings (SSSR count). The van der Waals surface area contributed by atoms with Gasteiger partial charge in [0.15, 0.2) is 11.7 Å².